The van der Waals surface area contributed by atoms with E-state index in [1.165, 1.54) is 25.7 Å². The molecule has 2 aliphatic rings. The van der Waals surface area contributed by atoms with Crippen molar-refractivity contribution in [2.75, 3.05) is 18.0 Å². The van der Waals surface area contributed by atoms with E-state index in [4.69, 9.17) is 0 Å². The molecule has 0 radical (unpaired) electrons. The van der Waals surface area contributed by atoms with Crippen molar-refractivity contribution in [3.8, 4) is 0 Å². The molecular formula is C14H21N3O. The summed E-state index contributed by atoms with van der Waals surface area (Å²) in [7, 11) is 0. The Kier molecular flexibility index (Phi) is 3.10. The first kappa shape index (κ1) is 11.8. The molecule has 0 aromatic carbocycles. The predicted octanol–water partition coefficient (Wildman–Crippen LogP) is 1.96. The van der Waals surface area contributed by atoms with Crippen molar-refractivity contribution in [3.63, 3.8) is 0 Å². The summed E-state index contributed by atoms with van der Waals surface area (Å²) in [6.45, 7) is 4.18. The highest BCUT2D eigenvalue weighted by molar-refractivity contribution is 5.38. The molecule has 0 unspecified atom stereocenters. The Morgan fingerprint density at radius 1 is 1.28 bits per heavy atom. The smallest absolute Gasteiger partial charge is 0.252 e. The minimum Gasteiger partial charge on any atom is -0.356 e. The van der Waals surface area contributed by atoms with Crippen LogP contribution < -0.4 is 10.5 Å². The molecule has 18 heavy (non-hydrogen) atoms. The van der Waals surface area contributed by atoms with Gasteiger partial charge >= 0.3 is 0 Å². The molecule has 1 aromatic rings. The molecule has 0 saturated heterocycles. The highest BCUT2D eigenvalue weighted by Crippen LogP contribution is 2.34. The second kappa shape index (κ2) is 4.75. The molecule has 0 bridgehead atoms. The van der Waals surface area contributed by atoms with E-state index in [1.54, 1.807) is 6.07 Å². The normalized spacial score (nSPS) is 18.9. The van der Waals surface area contributed by atoms with Crippen LogP contribution in [-0.2, 0) is 6.42 Å². The monoisotopic (exact) mass is 247 g/mol. The van der Waals surface area contributed by atoms with Gasteiger partial charge < -0.3 is 9.88 Å². The second-order valence-electron chi connectivity index (χ2n) is 5.70. The Hall–Kier alpha value is -1.32. The summed E-state index contributed by atoms with van der Waals surface area (Å²) >= 11 is 0. The zero-order valence-electron chi connectivity index (χ0n) is 11.0. The van der Waals surface area contributed by atoms with Crippen molar-refractivity contribution >= 4 is 5.82 Å². The molecule has 0 atom stereocenters. The standard InChI is InChI=1S/C14H21N3O/c1-2-12-15-13(7-14(18)16-12)17(8-10-3-4-10)9-11-5-6-11/h7,10-11H,2-6,8-9H2,1H3,(H,15,16,18). The van der Waals surface area contributed by atoms with E-state index < -0.39 is 0 Å². The Balaban J connectivity index is 1.81. The van der Waals surface area contributed by atoms with Crippen molar-refractivity contribution in [1.29, 1.82) is 0 Å². The molecule has 1 N–H and O–H groups in total. The van der Waals surface area contributed by atoms with Crippen LogP contribution in [0.3, 0.4) is 0 Å². The number of rotatable bonds is 6. The van der Waals surface area contributed by atoms with Gasteiger partial charge in [0.1, 0.15) is 11.6 Å². The van der Waals surface area contributed by atoms with Crippen molar-refractivity contribution in [2.24, 2.45) is 11.8 Å². The van der Waals surface area contributed by atoms with Crippen LogP contribution in [-0.4, -0.2) is 23.1 Å². The number of aromatic nitrogens is 2. The molecule has 1 aromatic heterocycles. The van der Waals surface area contributed by atoms with Gasteiger partial charge in [0.25, 0.3) is 5.56 Å². The summed E-state index contributed by atoms with van der Waals surface area (Å²) in [6, 6.07) is 1.66. The number of hydrogen-bond acceptors (Lipinski definition) is 3. The Labute approximate surface area is 107 Å². The third-order valence-electron chi connectivity index (χ3n) is 3.79. The quantitative estimate of drug-likeness (QED) is 0.836. The van der Waals surface area contributed by atoms with Gasteiger partial charge in [-0.2, -0.15) is 0 Å². The second-order valence-corrected chi connectivity index (χ2v) is 5.70. The van der Waals surface area contributed by atoms with Crippen LogP contribution in [0.15, 0.2) is 10.9 Å². The van der Waals surface area contributed by atoms with Gasteiger partial charge in [-0.15, -0.1) is 0 Å². The number of H-pyrrole nitrogens is 1. The summed E-state index contributed by atoms with van der Waals surface area (Å²) < 4.78 is 0. The summed E-state index contributed by atoms with van der Waals surface area (Å²) in [6.07, 6.45) is 6.13. The van der Waals surface area contributed by atoms with E-state index in [1.807, 2.05) is 6.92 Å². The maximum Gasteiger partial charge on any atom is 0.252 e. The van der Waals surface area contributed by atoms with Gasteiger partial charge in [-0.05, 0) is 37.5 Å². The van der Waals surface area contributed by atoms with Crippen molar-refractivity contribution in [2.45, 2.75) is 39.0 Å². The third-order valence-corrected chi connectivity index (χ3v) is 3.79. The van der Waals surface area contributed by atoms with Gasteiger partial charge in [-0.3, -0.25) is 4.79 Å². The van der Waals surface area contributed by atoms with Crippen molar-refractivity contribution < 1.29 is 0 Å². The molecule has 1 heterocycles. The number of hydrogen-bond donors (Lipinski definition) is 1. The van der Waals surface area contributed by atoms with Crippen molar-refractivity contribution in [1.82, 2.24) is 9.97 Å². The minimum absolute atomic E-state index is 0.0200. The number of aromatic amines is 1. The average Bonchev–Trinajstić information content (AvgIpc) is 3.22. The van der Waals surface area contributed by atoms with E-state index in [0.717, 1.165) is 43.0 Å². The third kappa shape index (κ3) is 2.92. The van der Waals surface area contributed by atoms with E-state index in [-0.39, 0.29) is 5.56 Å². The lowest BCUT2D eigenvalue weighted by Crippen LogP contribution is -2.30. The van der Waals surface area contributed by atoms with Crippen molar-refractivity contribution in [3.05, 3.63) is 22.2 Å². The fourth-order valence-corrected chi connectivity index (χ4v) is 2.31. The van der Waals surface area contributed by atoms with E-state index in [2.05, 4.69) is 14.9 Å². The fraction of sp³-hybridized carbons (Fsp3) is 0.714. The van der Waals surface area contributed by atoms with E-state index >= 15 is 0 Å². The molecule has 4 heteroatoms. The Bertz CT molecular complexity index is 460. The molecule has 0 aliphatic heterocycles. The molecule has 2 aliphatic carbocycles. The molecule has 98 valence electrons. The topological polar surface area (TPSA) is 49.0 Å². The maximum atomic E-state index is 11.7. The average molecular weight is 247 g/mol. The summed E-state index contributed by atoms with van der Waals surface area (Å²) in [4.78, 5) is 21.4. The van der Waals surface area contributed by atoms with Crippen LogP contribution in [0.5, 0.6) is 0 Å². The number of anilines is 1. The largest absolute Gasteiger partial charge is 0.356 e. The first-order valence-electron chi connectivity index (χ1n) is 7.09. The maximum absolute atomic E-state index is 11.7. The summed E-state index contributed by atoms with van der Waals surface area (Å²) in [5.74, 6) is 3.34. The zero-order chi connectivity index (χ0) is 12.5. The van der Waals surface area contributed by atoms with Crippen LogP contribution in [0, 0.1) is 11.8 Å². The molecular weight excluding hydrogens is 226 g/mol. The van der Waals surface area contributed by atoms with Crippen LogP contribution in [0.4, 0.5) is 5.82 Å². The zero-order valence-corrected chi connectivity index (χ0v) is 11.0. The molecule has 0 amide bonds. The number of nitrogens with one attached hydrogen (secondary N) is 1. The van der Waals surface area contributed by atoms with Crippen LogP contribution >= 0.6 is 0 Å². The fourth-order valence-electron chi connectivity index (χ4n) is 2.31. The van der Waals surface area contributed by atoms with Crippen LogP contribution in [0.25, 0.3) is 0 Å². The number of aryl methyl sites for hydroxylation is 1. The molecule has 3 rings (SSSR count). The highest BCUT2D eigenvalue weighted by Gasteiger charge is 2.30. The Morgan fingerprint density at radius 3 is 2.39 bits per heavy atom. The van der Waals surface area contributed by atoms with Crippen LogP contribution in [0.1, 0.15) is 38.4 Å². The molecule has 0 spiro atoms. The first-order chi connectivity index (χ1) is 8.74. The molecule has 4 nitrogen and oxygen atoms in total. The lowest BCUT2D eigenvalue weighted by molar-refractivity contribution is 0.667. The predicted molar refractivity (Wildman–Crippen MR) is 71.9 cm³/mol. The van der Waals surface area contributed by atoms with E-state index in [9.17, 15) is 4.79 Å². The summed E-state index contributed by atoms with van der Waals surface area (Å²) in [5, 5.41) is 0. The van der Waals surface area contributed by atoms with Gasteiger partial charge in [-0.1, -0.05) is 6.92 Å². The number of nitrogens with zero attached hydrogens (tertiary/aromatic N) is 2. The van der Waals surface area contributed by atoms with E-state index in [0.29, 0.717) is 0 Å². The van der Waals surface area contributed by atoms with Gasteiger partial charge in [0.2, 0.25) is 0 Å². The minimum atomic E-state index is -0.0200. The highest BCUT2D eigenvalue weighted by atomic mass is 16.1. The lowest BCUT2D eigenvalue weighted by Gasteiger charge is -2.23. The SMILES string of the molecule is CCc1nc(N(CC2CC2)CC2CC2)cc(=O)[nH]1. The molecule has 2 saturated carbocycles. The lowest BCUT2D eigenvalue weighted by atomic mass is 10.3. The first-order valence-corrected chi connectivity index (χ1v) is 7.09. The molecule has 2 fully saturated rings. The van der Waals surface area contributed by atoms with Gasteiger partial charge in [-0.25, -0.2) is 4.98 Å². The van der Waals surface area contributed by atoms with Gasteiger partial charge in [0.15, 0.2) is 0 Å². The summed E-state index contributed by atoms with van der Waals surface area (Å²) in [5.41, 5.74) is -0.0200. The van der Waals surface area contributed by atoms with Gasteiger partial charge in [0, 0.05) is 25.6 Å². The van der Waals surface area contributed by atoms with Gasteiger partial charge in [0.05, 0.1) is 0 Å². The van der Waals surface area contributed by atoms with Crippen LogP contribution in [0.2, 0.25) is 0 Å². The Morgan fingerprint density at radius 2 is 1.89 bits per heavy atom.